The second kappa shape index (κ2) is 5.51. The minimum Gasteiger partial charge on any atom is -0.481 e. The molecule has 1 aromatic rings. The average molecular weight is 368 g/mol. The van der Waals surface area contributed by atoms with E-state index in [4.69, 9.17) is 5.11 Å². The number of aliphatic carboxylic acids is 1. The van der Waals surface area contributed by atoms with E-state index < -0.39 is 21.9 Å². The van der Waals surface area contributed by atoms with Crippen LogP contribution in [0.5, 0.6) is 0 Å². The van der Waals surface area contributed by atoms with Gasteiger partial charge in [0.05, 0.1) is 14.6 Å². The molecule has 1 aromatic heterocycles. The Hall–Kier alpha value is -0.440. The number of nitrogens with zero attached hydrogens (tertiary/aromatic N) is 1. The number of carbonyl (C=O) groups is 1. The fourth-order valence-electron chi connectivity index (χ4n) is 2.19. The number of carboxylic acid groups (broad SMARTS) is 1. The lowest BCUT2D eigenvalue weighted by molar-refractivity contribution is -0.142. The smallest absolute Gasteiger partial charge is 0.307 e. The normalized spacial score (nSPS) is 21.5. The van der Waals surface area contributed by atoms with Gasteiger partial charge in [-0.3, -0.25) is 4.79 Å². The number of rotatable bonds is 3. The number of piperidine rings is 1. The Kier molecular flexibility index (Phi) is 4.34. The summed E-state index contributed by atoms with van der Waals surface area (Å²) in [5, 5.41) is 9.02. The number of hydrogen-bond donors (Lipinski definition) is 1. The van der Waals surface area contributed by atoms with Crippen LogP contribution in [0.2, 0.25) is 0 Å². The molecule has 8 heteroatoms. The van der Waals surface area contributed by atoms with Crippen LogP contribution in [-0.2, 0) is 14.8 Å². The molecule has 5 nitrogen and oxygen atoms in total. The molecule has 106 valence electrons. The van der Waals surface area contributed by atoms with Gasteiger partial charge < -0.3 is 5.11 Å². The summed E-state index contributed by atoms with van der Waals surface area (Å²) < 4.78 is 27.1. The molecule has 2 rings (SSSR count). The van der Waals surface area contributed by atoms with Crippen molar-refractivity contribution in [1.29, 1.82) is 0 Å². The lowest BCUT2D eigenvalue weighted by Crippen LogP contribution is -2.42. The Morgan fingerprint density at radius 1 is 1.58 bits per heavy atom. The second-order valence-corrected chi connectivity index (χ2v) is 9.05. The van der Waals surface area contributed by atoms with Gasteiger partial charge in [0.25, 0.3) is 0 Å². The van der Waals surface area contributed by atoms with E-state index in [2.05, 4.69) is 15.9 Å². The third-order valence-electron chi connectivity index (χ3n) is 3.19. The van der Waals surface area contributed by atoms with Crippen LogP contribution in [-0.4, -0.2) is 36.9 Å². The van der Waals surface area contributed by atoms with Gasteiger partial charge in [-0.25, -0.2) is 8.42 Å². The van der Waals surface area contributed by atoms with Gasteiger partial charge in [-0.05, 0) is 41.8 Å². The van der Waals surface area contributed by atoms with Crippen molar-refractivity contribution < 1.29 is 18.3 Å². The maximum absolute atomic E-state index is 12.5. The lowest BCUT2D eigenvalue weighted by atomic mass is 10.0. The fraction of sp³-hybridized carbons (Fsp3) is 0.545. The van der Waals surface area contributed by atoms with Gasteiger partial charge in [-0.1, -0.05) is 0 Å². The number of hydrogen-bond acceptors (Lipinski definition) is 4. The number of carboxylic acids is 1. The van der Waals surface area contributed by atoms with Crippen LogP contribution in [0.3, 0.4) is 0 Å². The van der Waals surface area contributed by atoms with Crippen molar-refractivity contribution in [3.05, 3.63) is 14.7 Å². The first-order chi connectivity index (χ1) is 8.82. The highest BCUT2D eigenvalue weighted by molar-refractivity contribution is 9.11. The highest BCUT2D eigenvalue weighted by Crippen LogP contribution is 2.33. The van der Waals surface area contributed by atoms with Crippen molar-refractivity contribution in [3.8, 4) is 0 Å². The molecule has 0 aromatic carbocycles. The molecule has 0 saturated carbocycles. The van der Waals surface area contributed by atoms with Crippen molar-refractivity contribution in [2.45, 2.75) is 24.7 Å². The predicted molar refractivity (Wildman–Crippen MR) is 75.9 cm³/mol. The molecular formula is C11H14BrNO4S2. The van der Waals surface area contributed by atoms with E-state index in [9.17, 15) is 13.2 Å². The second-order valence-electron chi connectivity index (χ2n) is 4.51. The quantitative estimate of drug-likeness (QED) is 0.889. The molecular weight excluding hydrogens is 354 g/mol. The highest BCUT2D eigenvalue weighted by atomic mass is 79.9. The summed E-state index contributed by atoms with van der Waals surface area (Å²) in [5.74, 6) is -1.53. The summed E-state index contributed by atoms with van der Waals surface area (Å²) >= 11 is 4.64. The van der Waals surface area contributed by atoms with Gasteiger partial charge in [0.1, 0.15) is 0 Å². The van der Waals surface area contributed by atoms with E-state index in [-0.39, 0.29) is 11.4 Å². The molecule has 1 atom stereocenters. The molecule has 0 unspecified atom stereocenters. The van der Waals surface area contributed by atoms with E-state index in [1.165, 1.54) is 15.6 Å². The Morgan fingerprint density at radius 2 is 2.26 bits per heavy atom. The summed E-state index contributed by atoms with van der Waals surface area (Å²) in [6.07, 6.45) is 1.12. The van der Waals surface area contributed by atoms with Crippen LogP contribution in [0, 0.1) is 12.8 Å². The van der Waals surface area contributed by atoms with E-state index in [1.807, 2.05) is 0 Å². The largest absolute Gasteiger partial charge is 0.481 e. The summed E-state index contributed by atoms with van der Waals surface area (Å²) in [6, 6.07) is 1.58. The Labute approximate surface area is 124 Å². The maximum Gasteiger partial charge on any atom is 0.307 e. The Morgan fingerprint density at radius 3 is 2.79 bits per heavy atom. The van der Waals surface area contributed by atoms with Crippen LogP contribution in [0.1, 0.15) is 17.7 Å². The third-order valence-corrected chi connectivity index (χ3v) is 6.87. The van der Waals surface area contributed by atoms with E-state index >= 15 is 0 Å². The zero-order chi connectivity index (χ0) is 14.2. The molecule has 1 N–H and O–H groups in total. The molecule has 1 aliphatic heterocycles. The molecule has 2 heterocycles. The standard InChI is InChI=1S/C11H14BrNO4S2/c1-7-9(5-10(12)18-7)19(16,17)13-4-2-3-8(6-13)11(14)15/h5,8H,2-4,6H2,1H3,(H,14,15)/t8-/m1/s1. The summed E-state index contributed by atoms with van der Waals surface area (Å²) in [5.41, 5.74) is 0. The van der Waals surface area contributed by atoms with Crippen LogP contribution in [0.4, 0.5) is 0 Å². The van der Waals surface area contributed by atoms with Gasteiger partial charge in [-0.15, -0.1) is 11.3 Å². The van der Waals surface area contributed by atoms with E-state index in [0.29, 0.717) is 24.3 Å². The van der Waals surface area contributed by atoms with Crippen LogP contribution in [0.15, 0.2) is 14.7 Å². The SMILES string of the molecule is Cc1sc(Br)cc1S(=O)(=O)N1CCC[C@@H](C(=O)O)C1. The number of aryl methyl sites for hydroxylation is 1. The molecule has 0 amide bonds. The van der Waals surface area contributed by atoms with Crippen molar-refractivity contribution in [1.82, 2.24) is 4.31 Å². The lowest BCUT2D eigenvalue weighted by Gasteiger charge is -2.29. The van der Waals surface area contributed by atoms with Crippen LogP contribution >= 0.6 is 27.3 Å². The van der Waals surface area contributed by atoms with E-state index in [1.54, 1.807) is 13.0 Å². The molecule has 1 saturated heterocycles. The van der Waals surface area contributed by atoms with Crippen molar-refractivity contribution in [2.75, 3.05) is 13.1 Å². The summed E-state index contributed by atoms with van der Waals surface area (Å²) in [4.78, 5) is 12.0. The first-order valence-electron chi connectivity index (χ1n) is 5.81. The number of halogens is 1. The Bertz CT molecular complexity index is 596. The zero-order valence-corrected chi connectivity index (χ0v) is 13.5. The average Bonchev–Trinajstić information content (AvgIpc) is 2.69. The maximum atomic E-state index is 12.5. The molecule has 0 spiro atoms. The molecule has 19 heavy (non-hydrogen) atoms. The third kappa shape index (κ3) is 3.01. The predicted octanol–water partition coefficient (Wildman–Crippen LogP) is 2.30. The minimum atomic E-state index is -3.59. The number of thiophene rings is 1. The highest BCUT2D eigenvalue weighted by Gasteiger charge is 2.34. The first kappa shape index (κ1) is 15.0. The topological polar surface area (TPSA) is 74.7 Å². The van der Waals surface area contributed by atoms with Crippen molar-refractivity contribution in [2.24, 2.45) is 5.92 Å². The summed E-state index contributed by atoms with van der Waals surface area (Å²) in [6.45, 7) is 2.20. The molecule has 0 radical (unpaired) electrons. The van der Waals surface area contributed by atoms with Gasteiger partial charge in [-0.2, -0.15) is 4.31 Å². The summed E-state index contributed by atoms with van der Waals surface area (Å²) in [7, 11) is -3.59. The van der Waals surface area contributed by atoms with Gasteiger partial charge in [0.15, 0.2) is 0 Å². The van der Waals surface area contributed by atoms with Crippen LogP contribution in [0.25, 0.3) is 0 Å². The molecule has 0 aliphatic carbocycles. The van der Waals surface area contributed by atoms with Gasteiger partial charge in [0.2, 0.25) is 10.0 Å². The monoisotopic (exact) mass is 367 g/mol. The van der Waals surface area contributed by atoms with E-state index in [0.717, 1.165) is 3.79 Å². The van der Waals surface area contributed by atoms with Crippen LogP contribution < -0.4 is 0 Å². The van der Waals surface area contributed by atoms with Crippen molar-refractivity contribution >= 4 is 43.3 Å². The van der Waals surface area contributed by atoms with Gasteiger partial charge in [0, 0.05) is 18.0 Å². The minimum absolute atomic E-state index is 0.0601. The first-order valence-corrected chi connectivity index (χ1v) is 8.86. The molecule has 0 bridgehead atoms. The number of sulfonamides is 1. The van der Waals surface area contributed by atoms with Crippen molar-refractivity contribution in [3.63, 3.8) is 0 Å². The van der Waals surface area contributed by atoms with Gasteiger partial charge >= 0.3 is 5.97 Å². The Balaban J connectivity index is 2.29. The molecule has 1 aliphatic rings. The molecule has 1 fully saturated rings. The fourth-order valence-corrected chi connectivity index (χ4v) is 6.10. The zero-order valence-electron chi connectivity index (χ0n) is 10.3.